The van der Waals surface area contributed by atoms with Gasteiger partial charge in [0.2, 0.25) is 0 Å². The van der Waals surface area contributed by atoms with Crippen molar-refractivity contribution in [3.05, 3.63) is 18.2 Å². The Kier molecular flexibility index (Phi) is 3.77. The van der Waals surface area contributed by atoms with Crippen LogP contribution in [0.5, 0.6) is 5.75 Å². The summed E-state index contributed by atoms with van der Waals surface area (Å²) in [5, 5.41) is 3.57. The Balaban J connectivity index is 2.09. The van der Waals surface area contributed by atoms with Crippen LogP contribution in [-0.4, -0.2) is 12.6 Å². The predicted octanol–water partition coefficient (Wildman–Crippen LogP) is 3.27. The van der Waals surface area contributed by atoms with Gasteiger partial charge in [0.25, 0.3) is 0 Å². The monoisotopic (exact) mass is 234 g/mol. The average molecular weight is 234 g/mol. The number of hydrogen-bond donors (Lipinski definition) is 2. The number of benzene rings is 1. The maximum Gasteiger partial charge on any atom is 0.123 e. The molecule has 1 aromatic carbocycles. The van der Waals surface area contributed by atoms with Crippen LogP contribution >= 0.6 is 0 Å². The minimum Gasteiger partial charge on any atom is -0.494 e. The van der Waals surface area contributed by atoms with Crippen LogP contribution in [0.3, 0.4) is 0 Å². The molecule has 2 unspecified atom stereocenters. The number of nitrogen functional groups attached to an aromatic ring is 1. The van der Waals surface area contributed by atoms with Crippen LogP contribution in [0.15, 0.2) is 18.2 Å². The maximum absolute atomic E-state index is 5.88. The highest BCUT2D eigenvalue weighted by Gasteiger charge is 2.23. The van der Waals surface area contributed by atoms with Crippen molar-refractivity contribution in [3.63, 3.8) is 0 Å². The first-order valence-electron chi connectivity index (χ1n) is 6.49. The second kappa shape index (κ2) is 5.30. The second-order valence-electron chi connectivity index (χ2n) is 4.88. The van der Waals surface area contributed by atoms with E-state index in [-0.39, 0.29) is 0 Å². The predicted molar refractivity (Wildman–Crippen MR) is 72.4 cm³/mol. The molecule has 0 bridgehead atoms. The summed E-state index contributed by atoms with van der Waals surface area (Å²) in [5.41, 5.74) is 7.71. The summed E-state index contributed by atoms with van der Waals surface area (Å²) in [5.74, 6) is 1.59. The Bertz CT molecular complexity index is 378. The van der Waals surface area contributed by atoms with Gasteiger partial charge in [0.1, 0.15) is 5.75 Å². The number of ether oxygens (including phenoxy) is 1. The number of anilines is 2. The number of hydrogen-bond acceptors (Lipinski definition) is 3. The third kappa shape index (κ3) is 3.05. The van der Waals surface area contributed by atoms with Gasteiger partial charge in [-0.25, -0.2) is 0 Å². The Morgan fingerprint density at radius 3 is 2.82 bits per heavy atom. The molecule has 0 radical (unpaired) electrons. The lowest BCUT2D eigenvalue weighted by Crippen LogP contribution is -2.21. The topological polar surface area (TPSA) is 47.3 Å². The number of rotatable bonds is 4. The van der Waals surface area contributed by atoms with E-state index in [4.69, 9.17) is 10.5 Å². The van der Waals surface area contributed by atoms with Crippen LogP contribution in [0.2, 0.25) is 0 Å². The Hall–Kier alpha value is -1.38. The molecule has 2 atom stereocenters. The zero-order valence-electron chi connectivity index (χ0n) is 10.7. The van der Waals surface area contributed by atoms with Crippen molar-refractivity contribution in [3.8, 4) is 5.75 Å². The molecule has 0 heterocycles. The van der Waals surface area contributed by atoms with Crippen molar-refractivity contribution in [2.75, 3.05) is 17.7 Å². The summed E-state index contributed by atoms with van der Waals surface area (Å²) in [6, 6.07) is 6.46. The summed E-state index contributed by atoms with van der Waals surface area (Å²) < 4.78 is 5.50. The van der Waals surface area contributed by atoms with Gasteiger partial charge in [-0.15, -0.1) is 0 Å². The molecule has 3 nitrogen and oxygen atoms in total. The van der Waals surface area contributed by atoms with Crippen LogP contribution < -0.4 is 15.8 Å². The van der Waals surface area contributed by atoms with E-state index in [0.717, 1.165) is 23.0 Å². The largest absolute Gasteiger partial charge is 0.494 e. The molecule has 17 heavy (non-hydrogen) atoms. The zero-order valence-corrected chi connectivity index (χ0v) is 10.7. The summed E-state index contributed by atoms with van der Waals surface area (Å²) in [6.07, 6.45) is 3.89. The Labute approximate surface area is 103 Å². The molecule has 2 rings (SSSR count). The third-order valence-corrected chi connectivity index (χ3v) is 3.45. The Morgan fingerprint density at radius 2 is 2.18 bits per heavy atom. The highest BCUT2D eigenvalue weighted by atomic mass is 16.5. The van der Waals surface area contributed by atoms with Gasteiger partial charge in [-0.2, -0.15) is 0 Å². The van der Waals surface area contributed by atoms with Gasteiger partial charge in [0.05, 0.1) is 6.61 Å². The van der Waals surface area contributed by atoms with Crippen LogP contribution in [0.25, 0.3) is 0 Å². The average Bonchev–Trinajstić information content (AvgIpc) is 2.64. The van der Waals surface area contributed by atoms with E-state index in [9.17, 15) is 0 Å². The van der Waals surface area contributed by atoms with Crippen molar-refractivity contribution in [2.45, 2.75) is 39.2 Å². The van der Waals surface area contributed by atoms with Crippen molar-refractivity contribution in [2.24, 2.45) is 5.92 Å². The first-order chi connectivity index (χ1) is 8.19. The summed E-state index contributed by atoms with van der Waals surface area (Å²) in [6.45, 7) is 4.96. The highest BCUT2D eigenvalue weighted by molar-refractivity contribution is 5.59. The fourth-order valence-electron chi connectivity index (χ4n) is 2.53. The van der Waals surface area contributed by atoms with Crippen LogP contribution in [0.4, 0.5) is 11.4 Å². The van der Waals surface area contributed by atoms with Gasteiger partial charge in [-0.05, 0) is 31.7 Å². The van der Waals surface area contributed by atoms with E-state index in [1.165, 1.54) is 19.3 Å². The fourth-order valence-corrected chi connectivity index (χ4v) is 2.53. The quantitative estimate of drug-likeness (QED) is 0.786. The molecule has 0 aromatic heterocycles. The fraction of sp³-hybridized carbons (Fsp3) is 0.571. The molecule has 3 N–H and O–H groups in total. The van der Waals surface area contributed by atoms with Gasteiger partial charge in [0, 0.05) is 29.5 Å². The normalized spacial score (nSPS) is 23.6. The lowest BCUT2D eigenvalue weighted by molar-refractivity contribution is 0.340. The molecule has 1 aliphatic rings. The van der Waals surface area contributed by atoms with Crippen LogP contribution in [-0.2, 0) is 0 Å². The SMILES string of the molecule is CCOc1cc(N)cc(NC2CCCC2C)c1. The Morgan fingerprint density at radius 1 is 1.35 bits per heavy atom. The number of nitrogens with one attached hydrogen (secondary N) is 1. The summed E-state index contributed by atoms with van der Waals surface area (Å²) in [4.78, 5) is 0. The summed E-state index contributed by atoms with van der Waals surface area (Å²) >= 11 is 0. The third-order valence-electron chi connectivity index (χ3n) is 3.45. The molecule has 0 aliphatic heterocycles. The minimum atomic E-state index is 0.575. The lowest BCUT2D eigenvalue weighted by Gasteiger charge is -2.19. The van der Waals surface area contributed by atoms with E-state index in [2.05, 4.69) is 12.2 Å². The summed E-state index contributed by atoms with van der Waals surface area (Å²) in [7, 11) is 0. The smallest absolute Gasteiger partial charge is 0.123 e. The lowest BCUT2D eigenvalue weighted by atomic mass is 10.1. The molecule has 1 aliphatic carbocycles. The maximum atomic E-state index is 5.88. The van der Waals surface area contributed by atoms with E-state index in [0.29, 0.717) is 12.6 Å². The molecule has 1 aromatic rings. The van der Waals surface area contributed by atoms with Crippen molar-refractivity contribution < 1.29 is 4.74 Å². The first-order valence-corrected chi connectivity index (χ1v) is 6.49. The molecule has 1 fully saturated rings. The van der Waals surface area contributed by atoms with Gasteiger partial charge >= 0.3 is 0 Å². The minimum absolute atomic E-state index is 0.575. The van der Waals surface area contributed by atoms with E-state index in [1.54, 1.807) is 0 Å². The molecular weight excluding hydrogens is 212 g/mol. The van der Waals surface area contributed by atoms with E-state index < -0.39 is 0 Å². The van der Waals surface area contributed by atoms with Crippen LogP contribution in [0.1, 0.15) is 33.1 Å². The molecule has 3 heteroatoms. The van der Waals surface area contributed by atoms with Gasteiger partial charge in [-0.1, -0.05) is 13.3 Å². The van der Waals surface area contributed by atoms with Crippen molar-refractivity contribution in [1.82, 2.24) is 0 Å². The molecule has 0 saturated heterocycles. The second-order valence-corrected chi connectivity index (χ2v) is 4.88. The molecule has 94 valence electrons. The van der Waals surface area contributed by atoms with Gasteiger partial charge in [0.15, 0.2) is 0 Å². The van der Waals surface area contributed by atoms with Gasteiger partial charge in [-0.3, -0.25) is 0 Å². The van der Waals surface area contributed by atoms with Crippen molar-refractivity contribution in [1.29, 1.82) is 0 Å². The van der Waals surface area contributed by atoms with Gasteiger partial charge < -0.3 is 15.8 Å². The molecule has 0 spiro atoms. The zero-order chi connectivity index (χ0) is 12.3. The van der Waals surface area contributed by atoms with E-state index in [1.807, 2.05) is 25.1 Å². The number of nitrogens with two attached hydrogens (primary N) is 1. The first kappa shape index (κ1) is 12.1. The van der Waals surface area contributed by atoms with Crippen molar-refractivity contribution >= 4 is 11.4 Å². The molecule has 0 amide bonds. The van der Waals surface area contributed by atoms with Crippen LogP contribution in [0, 0.1) is 5.92 Å². The molecule has 1 saturated carbocycles. The standard InChI is InChI=1S/C14H22N2O/c1-3-17-13-8-11(15)7-12(9-13)16-14-6-4-5-10(14)2/h7-10,14,16H,3-6,15H2,1-2H3. The van der Waals surface area contributed by atoms with E-state index >= 15 is 0 Å². The highest BCUT2D eigenvalue weighted by Crippen LogP contribution is 2.30. The molecular formula is C14H22N2O.